The maximum Gasteiger partial charge on any atom is 0.270 e. The molecule has 0 bridgehead atoms. The summed E-state index contributed by atoms with van der Waals surface area (Å²) in [5.41, 5.74) is 4.20. The third kappa shape index (κ3) is 9.05. The fraction of sp³-hybridized carbons (Fsp3) is 0.479. The molecule has 5 aromatic rings. The molecule has 4 fully saturated rings. The van der Waals surface area contributed by atoms with Gasteiger partial charge in [0, 0.05) is 62.2 Å². The number of hydrogen-bond acceptors (Lipinski definition) is 12. The number of likely N-dealkylation sites (tertiary alicyclic amines) is 1. The zero-order valence-corrected chi connectivity index (χ0v) is 36.9. The molecule has 5 heterocycles. The second-order valence-electron chi connectivity index (χ2n) is 18.6. The Labute approximate surface area is 369 Å². The van der Waals surface area contributed by atoms with E-state index in [0.717, 1.165) is 69.6 Å². The van der Waals surface area contributed by atoms with Gasteiger partial charge in [-0.15, -0.1) is 4.91 Å². The second kappa shape index (κ2) is 18.0. The molecule has 332 valence electrons. The van der Waals surface area contributed by atoms with E-state index in [0.29, 0.717) is 64.7 Å². The minimum absolute atomic E-state index is 0.0750. The summed E-state index contributed by atoms with van der Waals surface area (Å²) in [6.45, 7) is 8.12. The van der Waals surface area contributed by atoms with Crippen molar-refractivity contribution in [3.05, 3.63) is 101 Å². The Balaban J connectivity index is 0.885. The van der Waals surface area contributed by atoms with Gasteiger partial charge in [0.25, 0.3) is 15.9 Å². The summed E-state index contributed by atoms with van der Waals surface area (Å²) in [6, 6.07) is 19.4. The monoisotopic (exact) mass is 874 g/mol. The molecule has 15 heteroatoms. The van der Waals surface area contributed by atoms with Crippen LogP contribution in [0.3, 0.4) is 0 Å². The van der Waals surface area contributed by atoms with E-state index in [4.69, 9.17) is 9.72 Å². The predicted octanol–water partition coefficient (Wildman–Crippen LogP) is 9.19. The molecule has 4 N–H and O–H groups in total. The van der Waals surface area contributed by atoms with Crippen LogP contribution in [0.15, 0.2) is 89.3 Å². The number of hydrogen-bond donors (Lipinski definition) is 4. The average molecular weight is 875 g/mol. The van der Waals surface area contributed by atoms with Crippen molar-refractivity contribution >= 4 is 44.2 Å². The lowest BCUT2D eigenvalue weighted by atomic mass is 9.60. The third-order valence-corrected chi connectivity index (χ3v) is 15.7. The van der Waals surface area contributed by atoms with Crippen LogP contribution >= 0.6 is 0 Å². The first-order valence-electron chi connectivity index (χ1n) is 22.6. The molecular formula is C48H58N8O6S. The number of nitrogens with zero attached hydrogens (tertiary/aromatic N) is 5. The predicted molar refractivity (Wildman–Crippen MR) is 244 cm³/mol. The van der Waals surface area contributed by atoms with Gasteiger partial charge in [-0.3, -0.25) is 9.69 Å². The first-order valence-corrected chi connectivity index (χ1v) is 24.1. The number of pyridine rings is 2. The van der Waals surface area contributed by atoms with Crippen molar-refractivity contribution in [3.63, 3.8) is 0 Å². The van der Waals surface area contributed by atoms with Crippen LogP contribution in [0.2, 0.25) is 0 Å². The number of rotatable bonds is 14. The van der Waals surface area contributed by atoms with Crippen LogP contribution in [0.25, 0.3) is 11.0 Å². The summed E-state index contributed by atoms with van der Waals surface area (Å²) in [7, 11) is -4.45. The van der Waals surface area contributed by atoms with Crippen molar-refractivity contribution in [1.29, 1.82) is 0 Å². The number of carbonyl (C=O) groups excluding carboxylic acids is 1. The van der Waals surface area contributed by atoms with Crippen LogP contribution in [0, 0.1) is 22.2 Å². The second-order valence-corrected chi connectivity index (χ2v) is 20.3. The zero-order chi connectivity index (χ0) is 43.7. The van der Waals surface area contributed by atoms with Gasteiger partial charge in [0.15, 0.2) is 0 Å². The number of sulfonamides is 1. The van der Waals surface area contributed by atoms with Crippen LogP contribution in [0.4, 0.5) is 17.2 Å². The van der Waals surface area contributed by atoms with E-state index in [1.54, 1.807) is 24.5 Å². The molecule has 63 heavy (non-hydrogen) atoms. The lowest BCUT2D eigenvalue weighted by Gasteiger charge is -2.56. The quantitative estimate of drug-likeness (QED) is 0.0781. The molecule has 1 amide bonds. The number of aromatic amines is 1. The van der Waals surface area contributed by atoms with Gasteiger partial charge >= 0.3 is 0 Å². The van der Waals surface area contributed by atoms with E-state index in [-0.39, 0.29) is 28.5 Å². The van der Waals surface area contributed by atoms with Gasteiger partial charge in [-0.05, 0) is 141 Å². The first-order chi connectivity index (χ1) is 30.5. The molecule has 2 aliphatic heterocycles. The van der Waals surface area contributed by atoms with Crippen molar-refractivity contribution in [2.75, 3.05) is 43.0 Å². The highest BCUT2D eigenvalue weighted by Gasteiger charge is 2.50. The zero-order valence-electron chi connectivity index (χ0n) is 36.1. The SMILES string of the molecule is CC(C)c1ccccc1C1CCCN1C1CC2(CCN(c3cc(Oc4cnc5[nH]ccc5c4)c(C(=O)NS(=O)(=O)c4ccc(NCC5CCC(CO)CC5)c(N=O)c4)cn3)CC2)C1. The largest absolute Gasteiger partial charge is 0.455 e. The number of nitrogens with one attached hydrogen (secondary N) is 3. The molecule has 1 spiro atoms. The Morgan fingerprint density at radius 3 is 2.51 bits per heavy atom. The van der Waals surface area contributed by atoms with Gasteiger partial charge in [-0.1, -0.05) is 38.1 Å². The van der Waals surface area contributed by atoms with Crippen molar-refractivity contribution in [3.8, 4) is 11.5 Å². The van der Waals surface area contributed by atoms with E-state index >= 15 is 0 Å². The Morgan fingerprint density at radius 2 is 1.75 bits per heavy atom. The smallest absolute Gasteiger partial charge is 0.270 e. The number of piperidine rings is 1. The summed E-state index contributed by atoms with van der Waals surface area (Å²) in [5, 5.41) is 16.6. The minimum Gasteiger partial charge on any atom is -0.455 e. The number of anilines is 2. The minimum atomic E-state index is -4.45. The first kappa shape index (κ1) is 42.9. The van der Waals surface area contributed by atoms with Gasteiger partial charge in [0.2, 0.25) is 0 Å². The van der Waals surface area contributed by atoms with Gasteiger partial charge in [0.1, 0.15) is 34.2 Å². The van der Waals surface area contributed by atoms with Gasteiger partial charge in [-0.2, -0.15) is 0 Å². The van der Waals surface area contributed by atoms with Crippen LogP contribution in [0.5, 0.6) is 11.5 Å². The van der Waals surface area contributed by atoms with E-state index in [9.17, 15) is 23.2 Å². The lowest BCUT2D eigenvalue weighted by molar-refractivity contribution is -0.0228. The van der Waals surface area contributed by atoms with E-state index in [1.807, 2.05) is 6.07 Å². The third-order valence-electron chi connectivity index (χ3n) is 14.3. The van der Waals surface area contributed by atoms with Gasteiger partial charge in [0.05, 0.1) is 16.8 Å². The van der Waals surface area contributed by atoms with E-state index in [1.165, 1.54) is 55.1 Å². The molecule has 0 radical (unpaired) electrons. The van der Waals surface area contributed by atoms with Crippen molar-refractivity contribution in [2.24, 2.45) is 22.4 Å². The maximum absolute atomic E-state index is 13.9. The average Bonchev–Trinajstić information content (AvgIpc) is 3.97. The summed E-state index contributed by atoms with van der Waals surface area (Å²) < 4.78 is 35.9. The number of carbonyl (C=O) groups is 1. The highest BCUT2D eigenvalue weighted by molar-refractivity contribution is 7.90. The number of ether oxygens (including phenoxy) is 1. The summed E-state index contributed by atoms with van der Waals surface area (Å²) in [4.78, 5) is 42.7. The van der Waals surface area contributed by atoms with Crippen LogP contribution in [0.1, 0.15) is 112 Å². The molecule has 9 rings (SSSR count). The Kier molecular flexibility index (Phi) is 12.3. The summed E-state index contributed by atoms with van der Waals surface area (Å²) in [6.07, 6.45) is 15.4. The normalized spacial score (nSPS) is 21.7. The van der Waals surface area contributed by atoms with Gasteiger partial charge in [-0.25, -0.2) is 23.1 Å². The highest BCUT2D eigenvalue weighted by atomic mass is 32.2. The van der Waals surface area contributed by atoms with Crippen molar-refractivity contribution < 1.29 is 23.1 Å². The standard InChI is InChI=1S/C48H58N8O6S/c1-31(2)38-6-3-4-7-39(38)43-8-5-19-56(43)35-25-48(26-35)16-20-55(21-17-48)45-24-44(62-36-22-34-15-18-49-46(34)52-28-36)40(29-51-45)47(58)54-63(60,61)37-13-14-41(42(23-37)53-59)50-27-32-9-11-33(30-57)12-10-32/h3-4,6-7,13-15,18,22-24,28-29,31-33,35,43,50,57H,5,8-12,16-17,19-21,25-27,30H2,1-2H3,(H,49,52)(H,54,58). The highest BCUT2D eigenvalue weighted by Crippen LogP contribution is 2.54. The number of aliphatic hydroxyl groups excluding tert-OH is 1. The Morgan fingerprint density at radius 1 is 0.968 bits per heavy atom. The topological polar surface area (TPSA) is 182 Å². The molecule has 2 aromatic carbocycles. The number of nitroso groups, excluding NO2 is 1. The molecule has 4 aliphatic rings. The van der Waals surface area contributed by atoms with E-state index < -0.39 is 15.9 Å². The number of aromatic nitrogens is 3. The number of fused-ring (bicyclic) bond motifs is 1. The molecule has 1 unspecified atom stereocenters. The fourth-order valence-corrected chi connectivity index (χ4v) is 11.6. The van der Waals surface area contributed by atoms with E-state index in [2.05, 4.69) is 73.1 Å². The fourth-order valence-electron chi connectivity index (χ4n) is 10.7. The van der Waals surface area contributed by atoms with Crippen molar-refractivity contribution in [2.45, 2.75) is 101 Å². The summed E-state index contributed by atoms with van der Waals surface area (Å²) >= 11 is 0. The Bertz CT molecular complexity index is 2560. The van der Waals surface area contributed by atoms with Crippen molar-refractivity contribution in [1.82, 2.24) is 24.6 Å². The maximum atomic E-state index is 13.9. The molecular weight excluding hydrogens is 817 g/mol. The number of benzene rings is 2. The summed E-state index contributed by atoms with van der Waals surface area (Å²) in [5.74, 6) is 1.40. The number of H-pyrrole nitrogens is 1. The van der Waals surface area contributed by atoms with Gasteiger partial charge < -0.3 is 25.0 Å². The Hall–Kier alpha value is -5.38. The van der Waals surface area contributed by atoms with Crippen LogP contribution in [-0.2, 0) is 10.0 Å². The van der Waals surface area contributed by atoms with Crippen LogP contribution < -0.4 is 19.7 Å². The lowest BCUT2D eigenvalue weighted by Crippen LogP contribution is -2.55. The molecule has 2 aliphatic carbocycles. The molecule has 14 nitrogen and oxygen atoms in total. The van der Waals surface area contributed by atoms with Crippen LogP contribution in [-0.4, -0.2) is 78.1 Å². The number of aliphatic hydroxyl groups is 1. The molecule has 1 atom stereocenters. The molecule has 2 saturated heterocycles. The molecule has 2 saturated carbocycles. The molecule has 3 aromatic heterocycles. The number of amides is 1.